The van der Waals surface area contributed by atoms with Crippen molar-refractivity contribution in [2.75, 3.05) is 45.9 Å². The zero-order chi connectivity index (χ0) is 45.0. The lowest BCUT2D eigenvalue weighted by Crippen LogP contribution is -2.34. The van der Waals surface area contributed by atoms with Crippen LogP contribution in [0.15, 0.2) is 0 Å². The fourth-order valence-corrected chi connectivity index (χ4v) is 8.82. The molecule has 0 spiro atoms. The predicted molar refractivity (Wildman–Crippen MR) is 261 cm³/mol. The Morgan fingerprint density at radius 2 is 1.05 bits per heavy atom. The SMILES string of the molecule is CCCCCCCCCCCOC(=O)CCCCCN(CCCCCCCC(=O)OC(CCCCCCCC)CCCCCCCC)CC(O)CCCCNC(=O)[C@@H]1CCNC1. The monoisotopic (exact) mass is 878 g/mol. The van der Waals surface area contributed by atoms with E-state index in [-0.39, 0.29) is 29.9 Å². The van der Waals surface area contributed by atoms with Crippen LogP contribution in [0.4, 0.5) is 0 Å². The number of nitrogens with zero attached hydrogens (tertiary/aromatic N) is 1. The highest BCUT2D eigenvalue weighted by atomic mass is 16.5. The first kappa shape index (κ1) is 58.3. The summed E-state index contributed by atoms with van der Waals surface area (Å²) in [7, 11) is 0. The highest BCUT2D eigenvalue weighted by Crippen LogP contribution is 2.19. The molecule has 2 atom stereocenters. The quantitative estimate of drug-likeness (QED) is 0.0409. The molecule has 62 heavy (non-hydrogen) atoms. The van der Waals surface area contributed by atoms with Crippen LogP contribution in [0.2, 0.25) is 0 Å². The maximum absolute atomic E-state index is 12.9. The fraction of sp³-hybridized carbons (Fsp3) is 0.943. The minimum Gasteiger partial charge on any atom is -0.466 e. The summed E-state index contributed by atoms with van der Waals surface area (Å²) in [4.78, 5) is 40.0. The summed E-state index contributed by atoms with van der Waals surface area (Å²) in [5, 5.41) is 17.3. The first-order valence-corrected chi connectivity index (χ1v) is 27.1. The summed E-state index contributed by atoms with van der Waals surface area (Å²) in [6, 6.07) is 0. The molecule has 366 valence electrons. The van der Waals surface area contributed by atoms with Crippen molar-refractivity contribution in [2.45, 2.75) is 271 Å². The Bertz CT molecular complexity index is 992. The maximum atomic E-state index is 12.9. The molecular weight excluding hydrogens is 775 g/mol. The molecule has 0 aromatic heterocycles. The van der Waals surface area contributed by atoms with Gasteiger partial charge in [-0.1, -0.05) is 162 Å². The van der Waals surface area contributed by atoms with E-state index in [1.54, 1.807) is 0 Å². The van der Waals surface area contributed by atoms with Crippen molar-refractivity contribution in [2.24, 2.45) is 5.92 Å². The standard InChI is InChI=1S/C53H103N3O6/c1-4-7-10-13-16-17-18-24-34-45-61-51(58)38-29-25-33-44-56(47-49(57)35-30-31-41-55-53(60)48-40-42-54-46-48)43-32-23-19-22-28-39-52(59)62-50(36-26-20-14-11-8-5-2)37-27-21-15-12-9-6-3/h48-50,54,57H,4-47H2,1-3H3,(H,55,60)/t48-,49?/m1/s1. The van der Waals surface area contributed by atoms with Gasteiger partial charge in [0.2, 0.25) is 5.91 Å². The van der Waals surface area contributed by atoms with Gasteiger partial charge in [0.15, 0.2) is 0 Å². The summed E-state index contributed by atoms with van der Waals surface area (Å²) in [5.41, 5.74) is 0. The van der Waals surface area contributed by atoms with Gasteiger partial charge in [0.05, 0.1) is 18.6 Å². The second-order valence-corrected chi connectivity index (χ2v) is 19.0. The topological polar surface area (TPSA) is 117 Å². The van der Waals surface area contributed by atoms with E-state index in [0.717, 1.165) is 142 Å². The van der Waals surface area contributed by atoms with Crippen LogP contribution in [0.3, 0.4) is 0 Å². The van der Waals surface area contributed by atoms with Crippen molar-refractivity contribution >= 4 is 17.8 Å². The molecule has 0 aromatic rings. The van der Waals surface area contributed by atoms with Crippen molar-refractivity contribution in [3.8, 4) is 0 Å². The molecule has 1 unspecified atom stereocenters. The molecule has 0 saturated carbocycles. The van der Waals surface area contributed by atoms with Gasteiger partial charge < -0.3 is 30.1 Å². The smallest absolute Gasteiger partial charge is 0.306 e. The number of rotatable bonds is 47. The number of carbonyl (C=O) groups is 3. The molecule has 9 heteroatoms. The third-order valence-corrected chi connectivity index (χ3v) is 12.9. The van der Waals surface area contributed by atoms with E-state index in [2.05, 4.69) is 36.3 Å². The minimum atomic E-state index is -0.391. The van der Waals surface area contributed by atoms with Crippen molar-refractivity contribution in [3.05, 3.63) is 0 Å². The Labute approximate surface area is 383 Å². The van der Waals surface area contributed by atoms with Crippen LogP contribution in [0.1, 0.15) is 258 Å². The summed E-state index contributed by atoms with van der Waals surface area (Å²) in [5.74, 6) is 0.174. The number of hydrogen-bond donors (Lipinski definition) is 3. The van der Waals surface area contributed by atoms with E-state index in [1.807, 2.05) is 0 Å². The molecule has 1 fully saturated rings. The number of ether oxygens (including phenoxy) is 2. The number of amides is 1. The van der Waals surface area contributed by atoms with Crippen LogP contribution in [-0.2, 0) is 23.9 Å². The van der Waals surface area contributed by atoms with Gasteiger partial charge in [0, 0.05) is 32.5 Å². The van der Waals surface area contributed by atoms with Crippen molar-refractivity contribution in [3.63, 3.8) is 0 Å². The van der Waals surface area contributed by atoms with E-state index in [0.29, 0.717) is 32.5 Å². The van der Waals surface area contributed by atoms with E-state index >= 15 is 0 Å². The molecule has 1 rings (SSSR count). The van der Waals surface area contributed by atoms with Gasteiger partial charge in [0.25, 0.3) is 0 Å². The summed E-state index contributed by atoms with van der Waals surface area (Å²) < 4.78 is 11.6. The second kappa shape index (κ2) is 44.5. The highest BCUT2D eigenvalue weighted by molar-refractivity contribution is 5.79. The Balaban J connectivity index is 2.38. The molecule has 1 saturated heterocycles. The maximum Gasteiger partial charge on any atom is 0.306 e. The van der Waals surface area contributed by atoms with E-state index in [4.69, 9.17) is 9.47 Å². The van der Waals surface area contributed by atoms with Crippen molar-refractivity contribution in [1.82, 2.24) is 15.5 Å². The molecule has 1 amide bonds. The predicted octanol–water partition coefficient (Wildman–Crippen LogP) is 12.9. The average molecular weight is 878 g/mol. The van der Waals surface area contributed by atoms with Crippen LogP contribution < -0.4 is 10.6 Å². The van der Waals surface area contributed by atoms with Crippen LogP contribution in [0.5, 0.6) is 0 Å². The van der Waals surface area contributed by atoms with Crippen LogP contribution in [0.25, 0.3) is 0 Å². The highest BCUT2D eigenvalue weighted by Gasteiger charge is 2.22. The molecule has 0 aromatic carbocycles. The van der Waals surface area contributed by atoms with Gasteiger partial charge >= 0.3 is 11.9 Å². The zero-order valence-electron chi connectivity index (χ0n) is 41.3. The number of nitrogens with one attached hydrogen (secondary N) is 2. The van der Waals surface area contributed by atoms with Crippen LogP contribution >= 0.6 is 0 Å². The molecule has 0 aliphatic carbocycles. The first-order chi connectivity index (χ1) is 30.4. The Morgan fingerprint density at radius 3 is 1.60 bits per heavy atom. The van der Waals surface area contributed by atoms with Gasteiger partial charge in [-0.2, -0.15) is 0 Å². The van der Waals surface area contributed by atoms with Crippen molar-refractivity contribution < 1.29 is 29.0 Å². The number of hydrogen-bond acceptors (Lipinski definition) is 8. The zero-order valence-corrected chi connectivity index (χ0v) is 41.3. The van der Waals surface area contributed by atoms with Gasteiger partial charge in [-0.3, -0.25) is 14.4 Å². The Kier molecular flexibility index (Phi) is 41.8. The molecule has 1 aliphatic rings. The normalized spacial score (nSPS) is 14.5. The van der Waals surface area contributed by atoms with E-state index in [1.165, 1.54) is 109 Å². The van der Waals surface area contributed by atoms with Gasteiger partial charge in [-0.05, 0) is 103 Å². The van der Waals surface area contributed by atoms with E-state index < -0.39 is 6.10 Å². The van der Waals surface area contributed by atoms with Gasteiger partial charge in [0.1, 0.15) is 6.10 Å². The number of aliphatic hydroxyl groups is 1. The molecule has 1 heterocycles. The minimum absolute atomic E-state index is 0.00677. The van der Waals surface area contributed by atoms with Crippen LogP contribution in [0, 0.1) is 5.92 Å². The molecule has 0 bridgehead atoms. The number of unbranched alkanes of at least 4 members (excludes halogenated alkanes) is 25. The molecule has 3 N–H and O–H groups in total. The van der Waals surface area contributed by atoms with Crippen LogP contribution in [-0.4, -0.2) is 85.9 Å². The third-order valence-electron chi connectivity index (χ3n) is 12.9. The summed E-state index contributed by atoms with van der Waals surface area (Å²) in [6.45, 7) is 12.2. The largest absolute Gasteiger partial charge is 0.466 e. The van der Waals surface area contributed by atoms with Gasteiger partial charge in [-0.25, -0.2) is 0 Å². The summed E-state index contributed by atoms with van der Waals surface area (Å²) in [6.07, 6.45) is 40.7. The number of esters is 2. The lowest BCUT2D eigenvalue weighted by molar-refractivity contribution is -0.150. The lowest BCUT2D eigenvalue weighted by atomic mass is 10.0. The fourth-order valence-electron chi connectivity index (χ4n) is 8.82. The molecule has 0 radical (unpaired) electrons. The summed E-state index contributed by atoms with van der Waals surface area (Å²) >= 11 is 0. The molecule has 9 nitrogen and oxygen atoms in total. The second-order valence-electron chi connectivity index (χ2n) is 19.0. The first-order valence-electron chi connectivity index (χ1n) is 27.1. The average Bonchev–Trinajstić information content (AvgIpc) is 3.81. The van der Waals surface area contributed by atoms with E-state index in [9.17, 15) is 19.5 Å². The molecule has 1 aliphatic heterocycles. The molecular formula is C53H103N3O6. The number of carbonyl (C=O) groups excluding carboxylic acids is 3. The third kappa shape index (κ3) is 37.6. The number of aliphatic hydroxyl groups excluding tert-OH is 1. The lowest BCUT2D eigenvalue weighted by Gasteiger charge is -2.25. The van der Waals surface area contributed by atoms with Gasteiger partial charge in [-0.15, -0.1) is 0 Å². The Morgan fingerprint density at radius 1 is 0.581 bits per heavy atom. The van der Waals surface area contributed by atoms with Crippen molar-refractivity contribution in [1.29, 1.82) is 0 Å². The Hall–Kier alpha value is -1.71.